The van der Waals surface area contributed by atoms with Crippen LogP contribution in [-0.4, -0.2) is 43.0 Å². The average Bonchev–Trinajstić information content (AvgIpc) is 2.87. The number of nitrogens with one attached hydrogen (secondary N) is 1. The Morgan fingerprint density at radius 2 is 1.69 bits per heavy atom. The molecule has 3 aromatic carbocycles. The number of carbonyl (C=O) groups excluding carboxylic acids is 2. The van der Waals surface area contributed by atoms with E-state index >= 15 is 0 Å². The Morgan fingerprint density at radius 3 is 2.40 bits per heavy atom. The molecule has 0 spiro atoms. The van der Waals surface area contributed by atoms with Gasteiger partial charge in [0.05, 0.1) is 7.11 Å². The molecule has 0 aliphatic carbocycles. The Balaban J connectivity index is 1.92. The van der Waals surface area contributed by atoms with E-state index < -0.39 is 6.04 Å². The van der Waals surface area contributed by atoms with Gasteiger partial charge in [0.15, 0.2) is 6.61 Å². The molecule has 1 atom stereocenters. The van der Waals surface area contributed by atoms with E-state index in [1.807, 2.05) is 93.6 Å². The number of amides is 2. The summed E-state index contributed by atoms with van der Waals surface area (Å²) in [5.41, 5.74) is 3.84. The van der Waals surface area contributed by atoms with E-state index in [1.54, 1.807) is 12.0 Å². The standard InChI is InChI=1S/C29H34N2O4/c1-5-30-29(33)26(18-23-10-7-6-8-11-23)31(19-24-12-9-13-25(17-24)34-4)28(32)20-35-27-16-21(2)14-15-22(27)3/h6-17,26H,5,18-20H2,1-4H3,(H,30,33). The molecule has 0 fully saturated rings. The van der Waals surface area contributed by atoms with Crippen molar-refractivity contribution in [2.24, 2.45) is 0 Å². The lowest BCUT2D eigenvalue weighted by atomic mass is 10.0. The molecule has 0 aliphatic rings. The quantitative estimate of drug-likeness (QED) is 0.445. The largest absolute Gasteiger partial charge is 0.497 e. The predicted octanol–water partition coefficient (Wildman–Crippen LogP) is 4.47. The van der Waals surface area contributed by atoms with Gasteiger partial charge in [-0.05, 0) is 61.2 Å². The predicted molar refractivity (Wildman–Crippen MR) is 138 cm³/mol. The van der Waals surface area contributed by atoms with Gasteiger partial charge in [-0.15, -0.1) is 0 Å². The van der Waals surface area contributed by atoms with Crippen molar-refractivity contribution in [3.05, 3.63) is 95.1 Å². The number of benzene rings is 3. The summed E-state index contributed by atoms with van der Waals surface area (Å²) in [6, 6.07) is 22.5. The number of ether oxygens (including phenoxy) is 2. The van der Waals surface area contributed by atoms with E-state index in [1.165, 1.54) is 0 Å². The number of methoxy groups -OCH3 is 1. The minimum Gasteiger partial charge on any atom is -0.497 e. The zero-order valence-corrected chi connectivity index (χ0v) is 20.9. The molecule has 1 N–H and O–H groups in total. The first kappa shape index (κ1) is 25.8. The van der Waals surface area contributed by atoms with Crippen molar-refractivity contribution in [3.63, 3.8) is 0 Å². The van der Waals surface area contributed by atoms with Crippen molar-refractivity contribution in [2.45, 2.75) is 39.8 Å². The molecule has 3 aromatic rings. The molecule has 6 heteroatoms. The molecule has 184 valence electrons. The van der Waals surface area contributed by atoms with Crippen LogP contribution in [0, 0.1) is 13.8 Å². The Kier molecular flexibility index (Phi) is 9.30. The molecule has 1 unspecified atom stereocenters. The molecule has 35 heavy (non-hydrogen) atoms. The van der Waals surface area contributed by atoms with Crippen molar-refractivity contribution in [1.29, 1.82) is 0 Å². The van der Waals surface area contributed by atoms with Gasteiger partial charge >= 0.3 is 0 Å². The summed E-state index contributed by atoms with van der Waals surface area (Å²) in [7, 11) is 1.60. The molecular formula is C29H34N2O4. The van der Waals surface area contributed by atoms with Gasteiger partial charge in [0.25, 0.3) is 5.91 Å². The van der Waals surface area contributed by atoms with Gasteiger partial charge < -0.3 is 19.7 Å². The molecule has 0 heterocycles. The third-order valence-corrected chi connectivity index (χ3v) is 5.80. The lowest BCUT2D eigenvalue weighted by Gasteiger charge is -2.31. The first-order valence-corrected chi connectivity index (χ1v) is 11.8. The topological polar surface area (TPSA) is 67.9 Å². The minimum absolute atomic E-state index is 0.168. The zero-order valence-electron chi connectivity index (χ0n) is 20.9. The van der Waals surface area contributed by atoms with E-state index in [0.29, 0.717) is 24.5 Å². The fourth-order valence-corrected chi connectivity index (χ4v) is 3.90. The van der Waals surface area contributed by atoms with Crippen molar-refractivity contribution in [3.8, 4) is 11.5 Å². The van der Waals surface area contributed by atoms with Gasteiger partial charge in [-0.25, -0.2) is 0 Å². The normalized spacial score (nSPS) is 11.4. The Hall–Kier alpha value is -3.80. The van der Waals surface area contributed by atoms with Gasteiger partial charge in [-0.3, -0.25) is 9.59 Å². The van der Waals surface area contributed by atoms with Crippen molar-refractivity contribution < 1.29 is 19.1 Å². The summed E-state index contributed by atoms with van der Waals surface area (Å²) in [5.74, 6) is 0.900. The summed E-state index contributed by atoms with van der Waals surface area (Å²) in [6.07, 6.45) is 0.395. The first-order chi connectivity index (χ1) is 16.9. The second kappa shape index (κ2) is 12.6. The third kappa shape index (κ3) is 7.34. The van der Waals surface area contributed by atoms with Crippen LogP contribution in [0.3, 0.4) is 0 Å². The number of aryl methyl sites for hydroxylation is 2. The highest BCUT2D eigenvalue weighted by atomic mass is 16.5. The highest BCUT2D eigenvalue weighted by molar-refractivity contribution is 5.88. The van der Waals surface area contributed by atoms with E-state index in [2.05, 4.69) is 5.32 Å². The molecule has 2 amide bonds. The lowest BCUT2D eigenvalue weighted by Crippen LogP contribution is -2.51. The van der Waals surface area contributed by atoms with Gasteiger partial charge in [0, 0.05) is 19.5 Å². The van der Waals surface area contributed by atoms with Gasteiger partial charge in [0.1, 0.15) is 17.5 Å². The summed E-state index contributed by atoms with van der Waals surface area (Å²) >= 11 is 0. The van der Waals surface area contributed by atoms with Crippen LogP contribution in [0.15, 0.2) is 72.8 Å². The maximum absolute atomic E-state index is 13.6. The molecule has 0 aliphatic heterocycles. The fraction of sp³-hybridized carbons (Fsp3) is 0.310. The number of hydrogen-bond donors (Lipinski definition) is 1. The van der Waals surface area contributed by atoms with Crippen LogP contribution in [0.5, 0.6) is 11.5 Å². The Bertz CT molecular complexity index is 1130. The molecule has 0 saturated heterocycles. The molecular weight excluding hydrogens is 440 g/mol. The average molecular weight is 475 g/mol. The van der Waals surface area contributed by atoms with E-state index in [-0.39, 0.29) is 25.0 Å². The maximum atomic E-state index is 13.6. The summed E-state index contributed by atoms with van der Waals surface area (Å²) in [6.45, 7) is 6.35. The molecule has 0 aromatic heterocycles. The van der Waals surface area contributed by atoms with Crippen molar-refractivity contribution >= 4 is 11.8 Å². The molecule has 0 saturated carbocycles. The lowest BCUT2D eigenvalue weighted by molar-refractivity contribution is -0.142. The first-order valence-electron chi connectivity index (χ1n) is 11.8. The molecule has 0 radical (unpaired) electrons. The van der Waals surface area contributed by atoms with Gasteiger partial charge in [0.2, 0.25) is 5.91 Å². The zero-order chi connectivity index (χ0) is 25.2. The number of hydrogen-bond acceptors (Lipinski definition) is 4. The highest BCUT2D eigenvalue weighted by Gasteiger charge is 2.30. The SMILES string of the molecule is CCNC(=O)C(Cc1ccccc1)N(Cc1cccc(OC)c1)C(=O)COc1cc(C)ccc1C. The maximum Gasteiger partial charge on any atom is 0.261 e. The van der Waals surface area contributed by atoms with Crippen LogP contribution < -0.4 is 14.8 Å². The second-order valence-electron chi connectivity index (χ2n) is 8.53. The van der Waals surface area contributed by atoms with Gasteiger partial charge in [-0.2, -0.15) is 0 Å². The minimum atomic E-state index is -0.696. The summed E-state index contributed by atoms with van der Waals surface area (Å²) in [4.78, 5) is 28.4. The van der Waals surface area contributed by atoms with Crippen LogP contribution >= 0.6 is 0 Å². The number of likely N-dealkylation sites (N-methyl/N-ethyl adjacent to an activating group) is 1. The summed E-state index contributed by atoms with van der Waals surface area (Å²) < 4.78 is 11.3. The van der Waals surface area contributed by atoms with Crippen molar-refractivity contribution in [2.75, 3.05) is 20.3 Å². The monoisotopic (exact) mass is 474 g/mol. The highest BCUT2D eigenvalue weighted by Crippen LogP contribution is 2.21. The van der Waals surface area contributed by atoms with Crippen LogP contribution in [0.25, 0.3) is 0 Å². The Morgan fingerprint density at radius 1 is 0.943 bits per heavy atom. The molecule has 0 bridgehead atoms. The number of nitrogens with zero attached hydrogens (tertiary/aromatic N) is 1. The fourth-order valence-electron chi connectivity index (χ4n) is 3.90. The molecule has 6 nitrogen and oxygen atoms in total. The van der Waals surface area contributed by atoms with Crippen LogP contribution in [-0.2, 0) is 22.6 Å². The van der Waals surface area contributed by atoms with Crippen LogP contribution in [0.1, 0.15) is 29.2 Å². The smallest absolute Gasteiger partial charge is 0.261 e. The Labute approximate surface area is 207 Å². The summed E-state index contributed by atoms with van der Waals surface area (Å²) in [5, 5.41) is 2.90. The van der Waals surface area contributed by atoms with E-state index in [0.717, 1.165) is 22.3 Å². The van der Waals surface area contributed by atoms with Crippen molar-refractivity contribution in [1.82, 2.24) is 10.2 Å². The number of carbonyl (C=O) groups is 2. The van der Waals surface area contributed by atoms with Crippen LogP contribution in [0.4, 0.5) is 0 Å². The number of rotatable bonds is 11. The van der Waals surface area contributed by atoms with Gasteiger partial charge in [-0.1, -0.05) is 54.6 Å². The molecule has 3 rings (SSSR count). The van der Waals surface area contributed by atoms with Crippen LogP contribution in [0.2, 0.25) is 0 Å². The van der Waals surface area contributed by atoms with E-state index in [9.17, 15) is 9.59 Å². The van der Waals surface area contributed by atoms with E-state index in [4.69, 9.17) is 9.47 Å². The second-order valence-corrected chi connectivity index (χ2v) is 8.53. The third-order valence-electron chi connectivity index (χ3n) is 5.80.